The number of aromatic nitrogens is 3. The minimum Gasteiger partial charge on any atom is -0.377 e. The summed E-state index contributed by atoms with van der Waals surface area (Å²) in [7, 11) is 3.49. The van der Waals surface area contributed by atoms with E-state index in [-0.39, 0.29) is 0 Å². The summed E-state index contributed by atoms with van der Waals surface area (Å²) >= 11 is 2.07. The molecular weight excluding hydrogens is 245 g/mol. The number of rotatable bonds is 2. The van der Waals surface area contributed by atoms with Crippen LogP contribution in [0.2, 0.25) is 0 Å². The van der Waals surface area contributed by atoms with Gasteiger partial charge in [0.15, 0.2) is 5.82 Å². The Morgan fingerprint density at radius 1 is 1.70 bits per heavy atom. The molecule has 4 nitrogen and oxygen atoms in total. The largest absolute Gasteiger partial charge is 0.377 e. The number of halogens is 1. The lowest BCUT2D eigenvalue weighted by Gasteiger charge is -1.94. The maximum Gasteiger partial charge on any atom is 0.211 e. The second-order valence-electron chi connectivity index (χ2n) is 1.85. The predicted molar refractivity (Wildman–Crippen MR) is 44.4 cm³/mol. The Labute approximate surface area is 72.7 Å². The first kappa shape index (κ1) is 7.93. The van der Waals surface area contributed by atoms with E-state index in [1.165, 1.54) is 0 Å². The Hall–Kier alpha value is -0.170. The van der Waals surface area contributed by atoms with Gasteiger partial charge in [-0.05, 0) is 0 Å². The van der Waals surface area contributed by atoms with Gasteiger partial charge in [-0.25, -0.2) is 9.67 Å². The summed E-state index contributed by atoms with van der Waals surface area (Å²) in [4.78, 5) is 4.11. The van der Waals surface area contributed by atoms with Crippen molar-refractivity contribution in [3.05, 3.63) is 9.66 Å². The average Bonchev–Trinajstić information content (AvgIpc) is 2.13. The van der Waals surface area contributed by atoms with E-state index in [1.54, 1.807) is 11.8 Å². The van der Waals surface area contributed by atoms with Crippen molar-refractivity contribution < 1.29 is 4.74 Å². The molecule has 0 spiro atoms. The molecule has 0 amide bonds. The highest BCUT2D eigenvalue weighted by Gasteiger charge is 2.01. The molecule has 0 saturated heterocycles. The van der Waals surface area contributed by atoms with E-state index in [0.717, 1.165) is 9.66 Å². The third-order valence-electron chi connectivity index (χ3n) is 1.10. The van der Waals surface area contributed by atoms with Crippen LogP contribution < -0.4 is 0 Å². The molecule has 0 unspecified atom stereocenters. The molecule has 0 bridgehead atoms. The molecule has 1 heterocycles. The van der Waals surface area contributed by atoms with Crippen LogP contribution >= 0.6 is 22.6 Å². The normalized spacial score (nSPS) is 10.3. The van der Waals surface area contributed by atoms with Gasteiger partial charge in [0.25, 0.3) is 0 Å². The third-order valence-corrected chi connectivity index (χ3v) is 1.56. The predicted octanol–water partition coefficient (Wildman–Crippen LogP) is 0.566. The summed E-state index contributed by atoms with van der Waals surface area (Å²) in [5, 5.41) is 4.04. The van der Waals surface area contributed by atoms with E-state index in [9.17, 15) is 0 Å². The average molecular weight is 253 g/mol. The van der Waals surface area contributed by atoms with Gasteiger partial charge in [0.2, 0.25) is 3.83 Å². The highest BCUT2D eigenvalue weighted by atomic mass is 127. The minimum atomic E-state index is 0.520. The van der Waals surface area contributed by atoms with Gasteiger partial charge >= 0.3 is 0 Å². The second kappa shape index (κ2) is 3.29. The Morgan fingerprint density at radius 3 is 2.80 bits per heavy atom. The van der Waals surface area contributed by atoms with Crippen molar-refractivity contribution in [1.82, 2.24) is 14.8 Å². The lowest BCUT2D eigenvalue weighted by atomic mass is 10.6. The van der Waals surface area contributed by atoms with Crippen molar-refractivity contribution in [2.75, 3.05) is 7.11 Å². The molecule has 1 rings (SSSR count). The summed E-state index contributed by atoms with van der Waals surface area (Å²) in [5.74, 6) is 0.854. The van der Waals surface area contributed by atoms with Crippen molar-refractivity contribution in [3.8, 4) is 0 Å². The molecule has 0 N–H and O–H groups in total. The molecule has 10 heavy (non-hydrogen) atoms. The van der Waals surface area contributed by atoms with E-state index in [1.807, 2.05) is 7.05 Å². The molecule has 0 fully saturated rings. The van der Waals surface area contributed by atoms with Crippen LogP contribution in [0.4, 0.5) is 0 Å². The summed E-state index contributed by atoms with van der Waals surface area (Å²) in [5.41, 5.74) is 0. The highest BCUT2D eigenvalue weighted by Crippen LogP contribution is 1.99. The van der Waals surface area contributed by atoms with Crippen LogP contribution in [0.3, 0.4) is 0 Å². The molecule has 56 valence electrons. The molecule has 5 heteroatoms. The lowest BCUT2D eigenvalue weighted by molar-refractivity contribution is 0.174. The van der Waals surface area contributed by atoms with Crippen LogP contribution in [0, 0.1) is 3.83 Å². The van der Waals surface area contributed by atoms with Gasteiger partial charge in [-0.1, -0.05) is 0 Å². The number of ether oxygens (including phenoxy) is 1. The number of hydrogen-bond acceptors (Lipinski definition) is 3. The van der Waals surface area contributed by atoms with Gasteiger partial charge < -0.3 is 4.74 Å². The first-order valence-corrected chi connectivity index (χ1v) is 3.86. The van der Waals surface area contributed by atoms with Crippen LogP contribution in [-0.2, 0) is 18.4 Å². The number of nitrogens with zero attached hydrogens (tertiary/aromatic N) is 3. The molecule has 0 aliphatic rings. The molecule has 1 aromatic rings. The van der Waals surface area contributed by atoms with Crippen molar-refractivity contribution in [2.24, 2.45) is 7.05 Å². The first-order chi connectivity index (χ1) is 4.74. The van der Waals surface area contributed by atoms with E-state index in [0.29, 0.717) is 6.61 Å². The highest BCUT2D eigenvalue weighted by molar-refractivity contribution is 14.1. The monoisotopic (exact) mass is 253 g/mol. The third kappa shape index (κ3) is 1.66. The Bertz CT molecular complexity index is 223. The Kier molecular flexibility index (Phi) is 2.61. The molecule has 0 atom stereocenters. The molecule has 0 saturated carbocycles. The van der Waals surface area contributed by atoms with Gasteiger partial charge in [-0.2, -0.15) is 0 Å². The lowest BCUT2D eigenvalue weighted by Crippen LogP contribution is -2.00. The topological polar surface area (TPSA) is 39.9 Å². The maximum absolute atomic E-state index is 4.90. The molecule has 1 aromatic heterocycles. The summed E-state index contributed by atoms with van der Waals surface area (Å²) < 4.78 is 7.37. The van der Waals surface area contributed by atoms with Gasteiger partial charge in [-0.3, -0.25) is 0 Å². The number of aryl methyl sites for hydroxylation is 1. The van der Waals surface area contributed by atoms with E-state index >= 15 is 0 Å². The van der Waals surface area contributed by atoms with Crippen LogP contribution in [-0.4, -0.2) is 21.9 Å². The summed E-state index contributed by atoms with van der Waals surface area (Å²) in [6.45, 7) is 0.520. The first-order valence-electron chi connectivity index (χ1n) is 2.78. The zero-order valence-corrected chi connectivity index (χ0v) is 7.99. The van der Waals surface area contributed by atoms with E-state index < -0.39 is 0 Å². The second-order valence-corrected chi connectivity index (χ2v) is 2.82. The zero-order chi connectivity index (χ0) is 7.56. The maximum atomic E-state index is 4.90. The Balaban J connectivity index is 2.81. The fourth-order valence-corrected chi connectivity index (χ4v) is 1.24. The molecule has 0 aliphatic heterocycles. The summed E-state index contributed by atoms with van der Waals surface area (Å²) in [6, 6.07) is 0. The zero-order valence-electron chi connectivity index (χ0n) is 5.83. The quantitative estimate of drug-likeness (QED) is 0.723. The smallest absolute Gasteiger partial charge is 0.211 e. The van der Waals surface area contributed by atoms with Gasteiger partial charge in [-0.15, -0.1) is 5.10 Å². The molecule has 0 aliphatic carbocycles. The van der Waals surface area contributed by atoms with Gasteiger partial charge in [0.1, 0.15) is 6.61 Å². The van der Waals surface area contributed by atoms with Crippen LogP contribution in [0.5, 0.6) is 0 Å². The fraction of sp³-hybridized carbons (Fsp3) is 0.600. The molecular formula is C5H8IN3O. The van der Waals surface area contributed by atoms with E-state index in [4.69, 9.17) is 4.74 Å². The van der Waals surface area contributed by atoms with Crippen molar-refractivity contribution >= 4 is 22.6 Å². The van der Waals surface area contributed by atoms with Gasteiger partial charge in [0, 0.05) is 36.7 Å². The molecule has 0 aromatic carbocycles. The van der Waals surface area contributed by atoms with Gasteiger partial charge in [0.05, 0.1) is 0 Å². The fourth-order valence-electron chi connectivity index (χ4n) is 0.638. The minimum absolute atomic E-state index is 0.520. The summed E-state index contributed by atoms with van der Waals surface area (Å²) in [6.07, 6.45) is 0. The standard InChI is InChI=1S/C5H8IN3O/c1-9-4(3-10-2)7-5(6)8-9/h3H2,1-2H3. The van der Waals surface area contributed by atoms with Crippen LogP contribution in [0.25, 0.3) is 0 Å². The van der Waals surface area contributed by atoms with E-state index in [2.05, 4.69) is 32.7 Å². The SMILES string of the molecule is COCc1nc(I)nn1C. The van der Waals surface area contributed by atoms with Crippen LogP contribution in [0.1, 0.15) is 5.82 Å². The molecule has 0 radical (unpaired) electrons. The van der Waals surface area contributed by atoms with Crippen molar-refractivity contribution in [2.45, 2.75) is 6.61 Å². The Morgan fingerprint density at radius 2 is 2.40 bits per heavy atom. The van der Waals surface area contributed by atoms with Crippen LogP contribution in [0.15, 0.2) is 0 Å². The van der Waals surface area contributed by atoms with Crippen molar-refractivity contribution in [3.63, 3.8) is 0 Å². The number of methoxy groups -OCH3 is 1. The number of hydrogen-bond donors (Lipinski definition) is 0. The van der Waals surface area contributed by atoms with Crippen molar-refractivity contribution in [1.29, 1.82) is 0 Å².